The van der Waals surface area contributed by atoms with Crippen LogP contribution in [0.25, 0.3) is 0 Å². The summed E-state index contributed by atoms with van der Waals surface area (Å²) in [6.45, 7) is 8.02. The average molecular weight is 344 g/mol. The van der Waals surface area contributed by atoms with Gasteiger partial charge in [-0.1, -0.05) is 20.9 Å². The van der Waals surface area contributed by atoms with Crippen molar-refractivity contribution in [3.05, 3.63) is 37.4 Å². The zero-order valence-corrected chi connectivity index (χ0v) is 15.6. The number of nitrogens with zero attached hydrogens (tertiary/aromatic N) is 4. The first-order valence-electron chi connectivity index (χ1n) is 7.74. The molecule has 0 amide bonds. The minimum atomic E-state index is -4.17. The SMILES string of the molecule is CCCP(=O)([O-])[O-].CCn1cc[n+](C)c1.CCn1cc[n+](C)c1. The van der Waals surface area contributed by atoms with E-state index < -0.39 is 7.60 Å². The Bertz CT molecular complexity index is 549. The second-order valence-electron chi connectivity index (χ2n) is 5.15. The van der Waals surface area contributed by atoms with Gasteiger partial charge in [0.15, 0.2) is 0 Å². The molecule has 0 radical (unpaired) electrons. The predicted octanol–water partition coefficient (Wildman–Crippen LogP) is -0.0249. The van der Waals surface area contributed by atoms with Crippen LogP contribution >= 0.6 is 7.60 Å². The lowest BCUT2D eigenvalue weighted by Gasteiger charge is -2.28. The summed E-state index contributed by atoms with van der Waals surface area (Å²) < 4.78 is 18.0. The van der Waals surface area contributed by atoms with E-state index in [4.69, 9.17) is 0 Å². The molecule has 0 aliphatic rings. The Kier molecular flexibility index (Phi) is 10.5. The fourth-order valence-electron chi connectivity index (χ4n) is 1.65. The Morgan fingerprint density at radius 3 is 1.39 bits per heavy atom. The molecule has 2 rings (SSSR count). The largest absolute Gasteiger partial charge is 0.811 e. The van der Waals surface area contributed by atoms with Crippen molar-refractivity contribution in [3.63, 3.8) is 0 Å². The second kappa shape index (κ2) is 11.2. The van der Waals surface area contributed by atoms with E-state index in [0.717, 1.165) is 13.1 Å². The maximum atomic E-state index is 9.70. The number of aromatic nitrogens is 4. The third kappa shape index (κ3) is 11.8. The lowest BCUT2D eigenvalue weighted by molar-refractivity contribution is -0.671. The van der Waals surface area contributed by atoms with Crippen LogP contribution < -0.4 is 18.9 Å². The van der Waals surface area contributed by atoms with Crippen LogP contribution in [0.2, 0.25) is 0 Å². The van der Waals surface area contributed by atoms with E-state index in [1.807, 2.05) is 35.6 Å². The fourth-order valence-corrected chi connectivity index (χ4v) is 2.20. The fraction of sp³-hybridized carbons (Fsp3) is 0.600. The van der Waals surface area contributed by atoms with Gasteiger partial charge in [0.2, 0.25) is 12.7 Å². The lowest BCUT2D eigenvalue weighted by atomic mass is 10.6. The normalized spacial score (nSPS) is 10.4. The predicted molar refractivity (Wildman–Crippen MR) is 85.3 cm³/mol. The molecule has 0 unspecified atom stereocenters. The Morgan fingerprint density at radius 1 is 0.913 bits per heavy atom. The lowest BCUT2D eigenvalue weighted by Crippen LogP contribution is -2.23. The Labute approximate surface area is 139 Å². The quantitative estimate of drug-likeness (QED) is 0.577. The summed E-state index contributed by atoms with van der Waals surface area (Å²) in [6, 6.07) is 0. The molecule has 8 heteroatoms. The smallest absolute Gasteiger partial charge is 0.243 e. The van der Waals surface area contributed by atoms with E-state index in [1.54, 1.807) is 6.92 Å². The summed E-state index contributed by atoms with van der Waals surface area (Å²) in [6.07, 6.45) is 12.5. The van der Waals surface area contributed by atoms with Gasteiger partial charge >= 0.3 is 0 Å². The first-order chi connectivity index (χ1) is 10.7. The number of hydrogen-bond donors (Lipinski definition) is 0. The van der Waals surface area contributed by atoms with Crippen LogP contribution in [0.1, 0.15) is 27.2 Å². The van der Waals surface area contributed by atoms with E-state index in [9.17, 15) is 14.4 Å². The monoisotopic (exact) mass is 344 g/mol. The minimum absolute atomic E-state index is 0.215. The maximum absolute atomic E-state index is 9.70. The molecule has 0 saturated heterocycles. The zero-order chi connectivity index (χ0) is 17.9. The second-order valence-corrected chi connectivity index (χ2v) is 6.82. The van der Waals surface area contributed by atoms with E-state index in [-0.39, 0.29) is 6.16 Å². The molecule has 0 saturated carbocycles. The molecule has 23 heavy (non-hydrogen) atoms. The third-order valence-electron chi connectivity index (χ3n) is 2.88. The molecule has 0 bridgehead atoms. The van der Waals surface area contributed by atoms with E-state index in [1.165, 1.54) is 0 Å². The van der Waals surface area contributed by atoms with E-state index in [0.29, 0.717) is 6.42 Å². The molecule has 0 aliphatic heterocycles. The van der Waals surface area contributed by atoms with Gasteiger partial charge < -0.3 is 14.4 Å². The molecule has 2 aromatic heterocycles. The Hall–Kier alpha value is -1.43. The highest BCUT2D eigenvalue weighted by Crippen LogP contribution is 2.22. The van der Waals surface area contributed by atoms with Gasteiger partial charge in [0.25, 0.3) is 0 Å². The number of hydrogen-bond acceptors (Lipinski definition) is 3. The van der Waals surface area contributed by atoms with Crippen LogP contribution in [-0.4, -0.2) is 15.3 Å². The van der Waals surface area contributed by atoms with Crippen molar-refractivity contribution in [2.24, 2.45) is 14.1 Å². The van der Waals surface area contributed by atoms with Crippen LogP contribution in [0.15, 0.2) is 37.4 Å². The number of rotatable bonds is 4. The summed E-state index contributed by atoms with van der Waals surface area (Å²) in [4.78, 5) is 19.4. The van der Waals surface area contributed by atoms with E-state index >= 15 is 0 Å². The summed E-state index contributed by atoms with van der Waals surface area (Å²) >= 11 is 0. The molecule has 0 spiro atoms. The molecule has 0 aromatic carbocycles. The molecule has 2 aromatic rings. The van der Waals surface area contributed by atoms with Crippen molar-refractivity contribution >= 4 is 7.60 Å². The molecule has 0 fully saturated rings. The first kappa shape index (κ1) is 21.6. The highest BCUT2D eigenvalue weighted by molar-refractivity contribution is 7.48. The van der Waals surface area contributed by atoms with Gasteiger partial charge in [-0.2, -0.15) is 0 Å². The van der Waals surface area contributed by atoms with Crippen molar-refractivity contribution in [1.82, 2.24) is 9.13 Å². The summed E-state index contributed by atoms with van der Waals surface area (Å²) in [7, 11) is -0.126. The molecule has 2 heterocycles. The van der Waals surface area contributed by atoms with Gasteiger partial charge in [-0.05, 0) is 20.0 Å². The zero-order valence-electron chi connectivity index (χ0n) is 14.8. The molecule has 132 valence electrons. The molecule has 7 nitrogen and oxygen atoms in total. The minimum Gasteiger partial charge on any atom is -0.811 e. The highest BCUT2D eigenvalue weighted by Gasteiger charge is 1.93. The maximum Gasteiger partial charge on any atom is 0.243 e. The van der Waals surface area contributed by atoms with Crippen LogP contribution in [0.3, 0.4) is 0 Å². The van der Waals surface area contributed by atoms with Crippen molar-refractivity contribution < 1.29 is 23.5 Å². The Balaban J connectivity index is 0.000000317. The molecule has 0 aliphatic carbocycles. The molecular formula is C15H29N4O3P. The van der Waals surface area contributed by atoms with E-state index in [2.05, 4.69) is 48.0 Å². The van der Waals surface area contributed by atoms with Gasteiger partial charge in [0.1, 0.15) is 24.8 Å². The van der Waals surface area contributed by atoms with Crippen LogP contribution in [0, 0.1) is 0 Å². The number of imidazole rings is 2. The van der Waals surface area contributed by atoms with Crippen LogP contribution in [-0.2, 0) is 31.7 Å². The average Bonchev–Trinajstić information content (AvgIpc) is 3.07. The standard InChI is InChI=1S/2C6H11N2.C3H9O3P/c2*1-3-8-5-4-7(2)6-8;1-2-3-7(4,5)6/h2*4-6H,3H2,1-2H3;2-3H2,1H3,(H2,4,5,6)/q2*+1;/p-2. The summed E-state index contributed by atoms with van der Waals surface area (Å²) in [5.41, 5.74) is 0. The number of aryl methyl sites for hydroxylation is 4. The van der Waals surface area contributed by atoms with Gasteiger partial charge in [-0.15, -0.1) is 0 Å². The van der Waals surface area contributed by atoms with Crippen LogP contribution in [0.5, 0.6) is 0 Å². The van der Waals surface area contributed by atoms with Gasteiger partial charge in [0.05, 0.1) is 27.2 Å². The van der Waals surface area contributed by atoms with Gasteiger partial charge in [-0.3, -0.25) is 0 Å². The van der Waals surface area contributed by atoms with Gasteiger partial charge in [0, 0.05) is 0 Å². The third-order valence-corrected chi connectivity index (χ3v) is 3.87. The molecule has 0 atom stereocenters. The molecule has 0 N–H and O–H groups in total. The highest BCUT2D eigenvalue weighted by atomic mass is 31.2. The summed E-state index contributed by atoms with van der Waals surface area (Å²) in [5.74, 6) is 0. The molecular weight excluding hydrogens is 315 g/mol. The van der Waals surface area contributed by atoms with Crippen molar-refractivity contribution in [2.45, 2.75) is 40.3 Å². The van der Waals surface area contributed by atoms with Gasteiger partial charge in [-0.25, -0.2) is 18.3 Å². The van der Waals surface area contributed by atoms with Crippen molar-refractivity contribution in [2.75, 3.05) is 6.16 Å². The Morgan fingerprint density at radius 2 is 1.30 bits per heavy atom. The van der Waals surface area contributed by atoms with Crippen LogP contribution in [0.4, 0.5) is 0 Å². The topological polar surface area (TPSA) is 80.8 Å². The van der Waals surface area contributed by atoms with Crippen molar-refractivity contribution in [3.8, 4) is 0 Å². The summed E-state index contributed by atoms with van der Waals surface area (Å²) in [5, 5.41) is 0. The first-order valence-corrected chi connectivity index (χ1v) is 9.47. The van der Waals surface area contributed by atoms with Crippen molar-refractivity contribution in [1.29, 1.82) is 0 Å².